The van der Waals surface area contributed by atoms with Gasteiger partial charge in [-0.05, 0) is 18.8 Å². The van der Waals surface area contributed by atoms with Gasteiger partial charge in [-0.2, -0.15) is 0 Å². The molecule has 0 saturated carbocycles. The number of hydrogen-bond donors (Lipinski definition) is 0. The van der Waals surface area contributed by atoms with Gasteiger partial charge in [0.2, 0.25) is 0 Å². The standard InChI is InChI=1S/C28H44O14/c1-12(2)21(13(3)4)41-27-25(23(38-17(8)31)20(11-34-27)36-15(6)29)42-28-26(40-19(10)33)24(39-18(9)32)22(14(5)35-28)37-16(7)30/h12-14,20-28H,11H2,1-10H3/t14-,20-,22-,23-,24+,25+,26+,27?,28-/m0/s1. The van der Waals surface area contributed by atoms with Crippen LogP contribution in [0.5, 0.6) is 0 Å². The smallest absolute Gasteiger partial charge is 0.303 e. The highest BCUT2D eigenvalue weighted by Gasteiger charge is 2.55. The molecule has 1 unspecified atom stereocenters. The van der Waals surface area contributed by atoms with Crippen molar-refractivity contribution in [2.24, 2.45) is 11.8 Å². The molecule has 0 aromatic carbocycles. The molecule has 2 heterocycles. The van der Waals surface area contributed by atoms with E-state index in [1.165, 1.54) is 20.8 Å². The maximum Gasteiger partial charge on any atom is 0.303 e. The van der Waals surface area contributed by atoms with E-state index in [2.05, 4.69) is 0 Å². The van der Waals surface area contributed by atoms with Crippen molar-refractivity contribution in [1.82, 2.24) is 0 Å². The molecule has 0 bridgehead atoms. The van der Waals surface area contributed by atoms with Crippen LogP contribution >= 0.6 is 0 Å². The molecular formula is C28H44O14. The third-order valence-electron chi connectivity index (χ3n) is 6.53. The fourth-order valence-electron chi connectivity index (χ4n) is 5.13. The van der Waals surface area contributed by atoms with Gasteiger partial charge in [0.1, 0.15) is 0 Å². The Morgan fingerprint density at radius 1 is 0.595 bits per heavy atom. The van der Waals surface area contributed by atoms with Gasteiger partial charge in [0.25, 0.3) is 0 Å². The predicted octanol–water partition coefficient (Wildman–Crippen LogP) is 1.83. The molecule has 9 atom stereocenters. The molecule has 0 radical (unpaired) electrons. The molecule has 2 rings (SSSR count). The van der Waals surface area contributed by atoms with Gasteiger partial charge in [0, 0.05) is 34.6 Å². The van der Waals surface area contributed by atoms with Crippen LogP contribution in [0, 0.1) is 11.8 Å². The Kier molecular flexibility index (Phi) is 13.1. The molecule has 14 heteroatoms. The number of hydrogen-bond acceptors (Lipinski definition) is 14. The molecule has 42 heavy (non-hydrogen) atoms. The minimum Gasteiger partial charge on any atom is -0.456 e. The first kappa shape index (κ1) is 35.4. The van der Waals surface area contributed by atoms with Gasteiger partial charge in [-0.1, -0.05) is 27.7 Å². The van der Waals surface area contributed by atoms with E-state index in [1.807, 2.05) is 27.7 Å². The van der Waals surface area contributed by atoms with E-state index in [4.69, 9.17) is 42.6 Å². The first-order valence-corrected chi connectivity index (χ1v) is 14.0. The van der Waals surface area contributed by atoms with Gasteiger partial charge in [0.05, 0.1) is 18.8 Å². The SMILES string of the molecule is CC(=O)O[C@@H]1[C@@H](OC(C)=O)[C@H](C)O[C@@H](O[C@H]2C(OC(C(C)C)C(C)C)OC[C@H](OC(C)=O)[C@@H]2OC(C)=O)[C@@H]1OC(C)=O. The molecule has 14 nitrogen and oxygen atoms in total. The molecule has 0 spiro atoms. The molecule has 2 aliphatic heterocycles. The van der Waals surface area contributed by atoms with E-state index in [0.29, 0.717) is 0 Å². The lowest BCUT2D eigenvalue weighted by Crippen LogP contribution is -2.65. The monoisotopic (exact) mass is 604 g/mol. The summed E-state index contributed by atoms with van der Waals surface area (Å²) in [6.45, 7) is 15.1. The number of carbonyl (C=O) groups is 5. The summed E-state index contributed by atoms with van der Waals surface area (Å²) < 4.78 is 51.9. The van der Waals surface area contributed by atoms with Crippen molar-refractivity contribution in [1.29, 1.82) is 0 Å². The fourth-order valence-corrected chi connectivity index (χ4v) is 5.13. The highest BCUT2D eigenvalue weighted by atomic mass is 16.8. The highest BCUT2D eigenvalue weighted by molar-refractivity contribution is 5.69. The summed E-state index contributed by atoms with van der Waals surface area (Å²) >= 11 is 0. The van der Waals surface area contributed by atoms with Crippen LogP contribution < -0.4 is 0 Å². The van der Waals surface area contributed by atoms with Gasteiger partial charge in [0.15, 0.2) is 49.2 Å². The van der Waals surface area contributed by atoms with Crippen LogP contribution in [0.1, 0.15) is 69.2 Å². The van der Waals surface area contributed by atoms with Gasteiger partial charge in [-0.15, -0.1) is 0 Å². The largest absolute Gasteiger partial charge is 0.456 e. The van der Waals surface area contributed by atoms with Crippen molar-refractivity contribution < 1.29 is 66.6 Å². The first-order chi connectivity index (χ1) is 19.5. The fraction of sp³-hybridized carbons (Fsp3) is 0.821. The summed E-state index contributed by atoms with van der Waals surface area (Å²) in [5, 5.41) is 0. The third kappa shape index (κ3) is 9.89. The lowest BCUT2D eigenvalue weighted by molar-refractivity contribution is -0.361. The second-order valence-electron chi connectivity index (χ2n) is 11.0. The van der Waals surface area contributed by atoms with Gasteiger partial charge >= 0.3 is 29.8 Å². The summed E-state index contributed by atoms with van der Waals surface area (Å²) in [6.07, 6.45) is -11.4. The average molecular weight is 605 g/mol. The van der Waals surface area contributed by atoms with Gasteiger partial charge in [-0.3, -0.25) is 24.0 Å². The van der Waals surface area contributed by atoms with Crippen molar-refractivity contribution in [2.45, 2.75) is 131 Å². The number of rotatable bonds is 11. The Balaban J connectivity index is 2.59. The minimum absolute atomic E-state index is 0.0465. The van der Waals surface area contributed by atoms with E-state index in [-0.39, 0.29) is 24.5 Å². The van der Waals surface area contributed by atoms with E-state index < -0.39 is 85.2 Å². The van der Waals surface area contributed by atoms with Gasteiger partial charge < -0.3 is 42.6 Å². The first-order valence-electron chi connectivity index (χ1n) is 14.0. The Morgan fingerprint density at radius 2 is 1.05 bits per heavy atom. The summed E-state index contributed by atoms with van der Waals surface area (Å²) in [7, 11) is 0. The lowest BCUT2D eigenvalue weighted by Gasteiger charge is -2.47. The van der Waals surface area contributed by atoms with Crippen molar-refractivity contribution in [3.8, 4) is 0 Å². The summed E-state index contributed by atoms with van der Waals surface area (Å²) in [4.78, 5) is 60.2. The number of ether oxygens (including phenoxy) is 9. The zero-order valence-electron chi connectivity index (χ0n) is 25.9. The number of carbonyl (C=O) groups excluding carboxylic acids is 5. The van der Waals surface area contributed by atoms with Crippen molar-refractivity contribution >= 4 is 29.8 Å². The normalized spacial score (nSPS) is 31.4. The third-order valence-corrected chi connectivity index (χ3v) is 6.53. The second-order valence-corrected chi connectivity index (χ2v) is 11.0. The molecule has 2 fully saturated rings. The zero-order chi connectivity index (χ0) is 31.9. The van der Waals surface area contributed by atoms with Crippen molar-refractivity contribution in [2.75, 3.05) is 6.61 Å². The van der Waals surface area contributed by atoms with Crippen LogP contribution in [0.2, 0.25) is 0 Å². The topological polar surface area (TPSA) is 168 Å². The lowest BCUT2D eigenvalue weighted by atomic mass is 9.95. The molecule has 0 aromatic heterocycles. The summed E-state index contributed by atoms with van der Waals surface area (Å²) in [6, 6.07) is 0. The van der Waals surface area contributed by atoms with Crippen LogP contribution in [-0.2, 0) is 66.6 Å². The highest BCUT2D eigenvalue weighted by Crippen LogP contribution is 2.34. The molecule has 2 aliphatic rings. The quantitative estimate of drug-likeness (QED) is 0.247. The molecule has 0 aliphatic carbocycles. The molecule has 0 aromatic rings. The molecular weight excluding hydrogens is 560 g/mol. The maximum atomic E-state index is 12.2. The summed E-state index contributed by atoms with van der Waals surface area (Å²) in [5.41, 5.74) is 0. The second kappa shape index (κ2) is 15.6. The Bertz CT molecular complexity index is 956. The van der Waals surface area contributed by atoms with Crippen LogP contribution in [0.15, 0.2) is 0 Å². The Morgan fingerprint density at radius 3 is 1.52 bits per heavy atom. The molecule has 0 N–H and O–H groups in total. The van der Waals surface area contributed by atoms with E-state index in [9.17, 15) is 24.0 Å². The van der Waals surface area contributed by atoms with Crippen LogP contribution in [0.4, 0.5) is 0 Å². The Hall–Kier alpha value is -2.81. The summed E-state index contributed by atoms with van der Waals surface area (Å²) in [5.74, 6) is -3.45. The minimum atomic E-state index is -1.47. The molecule has 0 amide bonds. The van der Waals surface area contributed by atoms with Crippen LogP contribution in [0.3, 0.4) is 0 Å². The van der Waals surface area contributed by atoms with Crippen LogP contribution in [0.25, 0.3) is 0 Å². The zero-order valence-corrected chi connectivity index (χ0v) is 25.9. The number of esters is 5. The van der Waals surface area contributed by atoms with Gasteiger partial charge in [-0.25, -0.2) is 0 Å². The average Bonchev–Trinajstić information content (AvgIpc) is 2.83. The molecule has 240 valence electrons. The predicted molar refractivity (Wildman–Crippen MR) is 141 cm³/mol. The van der Waals surface area contributed by atoms with Crippen molar-refractivity contribution in [3.05, 3.63) is 0 Å². The Labute approximate surface area is 245 Å². The molecule has 2 saturated heterocycles. The van der Waals surface area contributed by atoms with E-state index in [1.54, 1.807) is 6.92 Å². The van der Waals surface area contributed by atoms with Crippen LogP contribution in [-0.4, -0.2) is 97.9 Å². The van der Waals surface area contributed by atoms with Crippen molar-refractivity contribution in [3.63, 3.8) is 0 Å². The maximum absolute atomic E-state index is 12.2. The van der Waals surface area contributed by atoms with E-state index in [0.717, 1.165) is 13.8 Å². The van der Waals surface area contributed by atoms with E-state index >= 15 is 0 Å².